The zero-order chi connectivity index (χ0) is 37.0. The topological polar surface area (TPSA) is 50.2 Å². The van der Waals surface area contributed by atoms with Gasteiger partial charge in [0.25, 0.3) is 0 Å². The van der Waals surface area contributed by atoms with Crippen molar-refractivity contribution in [1.82, 2.24) is 4.98 Å². The molecule has 0 spiro atoms. The van der Waals surface area contributed by atoms with E-state index in [0.717, 1.165) is 36.9 Å². The number of nitrogens with zero attached hydrogens (tertiary/aromatic N) is 1. The molecule has 0 bridgehead atoms. The molecular formula is C44H58IrNO2S3-. The number of carbonyl (C=O) groups is 1. The summed E-state index contributed by atoms with van der Waals surface area (Å²) in [5.41, 5.74) is 4.45. The van der Waals surface area contributed by atoms with Crippen LogP contribution in [0.1, 0.15) is 125 Å². The van der Waals surface area contributed by atoms with Crippen molar-refractivity contribution >= 4 is 60.8 Å². The maximum Gasteiger partial charge on any atom is 0.164 e. The van der Waals surface area contributed by atoms with Gasteiger partial charge in [-0.25, -0.2) is 0 Å². The van der Waals surface area contributed by atoms with Gasteiger partial charge in [-0.3, -0.25) is 4.79 Å². The Morgan fingerprint density at radius 1 is 1.06 bits per heavy atom. The first-order chi connectivity index (χ1) is 23.6. The molecule has 1 N–H and O–H groups in total. The normalized spacial score (nSPS) is 15.1. The van der Waals surface area contributed by atoms with Crippen molar-refractivity contribution in [1.29, 1.82) is 0 Å². The molecule has 1 atom stereocenters. The van der Waals surface area contributed by atoms with Crippen molar-refractivity contribution in [2.45, 2.75) is 129 Å². The van der Waals surface area contributed by atoms with Gasteiger partial charge in [-0.2, -0.15) is 11.8 Å². The number of benzene rings is 2. The molecule has 0 amide bonds. The number of aromatic nitrogens is 1. The van der Waals surface area contributed by atoms with E-state index in [-0.39, 0.29) is 47.9 Å². The second-order valence-corrected chi connectivity index (χ2v) is 18.8. The van der Waals surface area contributed by atoms with Gasteiger partial charge < -0.3 is 10.1 Å². The predicted octanol–water partition coefficient (Wildman–Crippen LogP) is 14.3. The maximum absolute atomic E-state index is 12.2. The average molecular weight is 921 g/mol. The second-order valence-electron chi connectivity index (χ2n) is 15.7. The van der Waals surface area contributed by atoms with Gasteiger partial charge in [-0.05, 0) is 83.9 Å². The first kappa shape index (κ1) is 43.5. The molecule has 3 nitrogen and oxygen atoms in total. The third-order valence-corrected chi connectivity index (χ3v) is 14.1. The van der Waals surface area contributed by atoms with E-state index >= 15 is 0 Å². The van der Waals surface area contributed by atoms with Crippen molar-refractivity contribution in [3.63, 3.8) is 0 Å². The summed E-state index contributed by atoms with van der Waals surface area (Å²) in [6, 6.07) is 14.8. The summed E-state index contributed by atoms with van der Waals surface area (Å²) in [7, 11) is 0. The Hall–Kier alpha value is -1.89. The standard InChI is InChI=1S/C29H30NS3.C15H28O2.Ir/c1-7-31-22-9-8-18(15-21(22)29(4,5)6)27-28-20(12-13-30-27)26-24(33-28)11-10-23-25(26)19(16-32-23)14-17(2)3;1-7-14(5,8-2)12(16)11-13(17)15(6,9-3)10-4;/h7,9-13,15,17,19H,1,14,16H2,2-6H3;11,16H,7-10H2,1-6H3;/q-1;;/b;12-11-;. The molecule has 1 aliphatic rings. The molecule has 2 aromatic carbocycles. The molecule has 279 valence electrons. The van der Waals surface area contributed by atoms with Crippen molar-refractivity contribution < 1.29 is 30.0 Å². The van der Waals surface area contributed by atoms with Crippen molar-refractivity contribution in [3.8, 4) is 11.3 Å². The molecule has 0 saturated carbocycles. The Labute approximate surface area is 334 Å². The molecule has 7 heteroatoms. The summed E-state index contributed by atoms with van der Waals surface area (Å²) in [6.07, 6.45) is 7.99. The van der Waals surface area contributed by atoms with Gasteiger partial charge in [0.2, 0.25) is 0 Å². The van der Waals surface area contributed by atoms with E-state index < -0.39 is 0 Å². The van der Waals surface area contributed by atoms with Gasteiger partial charge in [-0.1, -0.05) is 87.6 Å². The van der Waals surface area contributed by atoms with Gasteiger partial charge in [-0.15, -0.1) is 52.4 Å². The van der Waals surface area contributed by atoms with Crippen LogP contribution in [-0.2, 0) is 30.3 Å². The number of rotatable bonds is 12. The summed E-state index contributed by atoms with van der Waals surface area (Å²) in [6.45, 7) is 27.5. The van der Waals surface area contributed by atoms with Crippen LogP contribution in [0.3, 0.4) is 0 Å². The summed E-state index contributed by atoms with van der Waals surface area (Å²) in [5.74, 6) is 2.83. The van der Waals surface area contributed by atoms with Gasteiger partial charge in [0, 0.05) is 74.3 Å². The summed E-state index contributed by atoms with van der Waals surface area (Å²) in [4.78, 5) is 19.7. The minimum atomic E-state index is -0.337. The fourth-order valence-corrected chi connectivity index (χ4v) is 9.91. The van der Waals surface area contributed by atoms with Crippen LogP contribution in [0.4, 0.5) is 0 Å². The summed E-state index contributed by atoms with van der Waals surface area (Å²) in [5, 5.41) is 14.8. The molecule has 3 heterocycles. The molecule has 0 fully saturated rings. The monoisotopic (exact) mass is 921 g/mol. The summed E-state index contributed by atoms with van der Waals surface area (Å²) >= 11 is 5.58. The number of allylic oxidation sites excluding steroid dienone is 2. The van der Waals surface area contributed by atoms with Crippen molar-refractivity contribution in [3.05, 3.63) is 77.5 Å². The van der Waals surface area contributed by atoms with Gasteiger partial charge in [0.1, 0.15) is 5.76 Å². The molecule has 5 rings (SSSR count). The Balaban J connectivity index is 0.000000335. The van der Waals surface area contributed by atoms with Crippen LogP contribution in [0.2, 0.25) is 0 Å². The van der Waals surface area contributed by atoms with Crippen LogP contribution in [0.5, 0.6) is 0 Å². The Kier molecular flexibility index (Phi) is 15.3. The Morgan fingerprint density at radius 2 is 1.71 bits per heavy atom. The molecule has 0 saturated heterocycles. The quantitative estimate of drug-likeness (QED) is 0.0664. The van der Waals surface area contributed by atoms with Crippen LogP contribution in [0.15, 0.2) is 70.1 Å². The van der Waals surface area contributed by atoms with Gasteiger partial charge >= 0.3 is 0 Å². The number of thiophene rings is 1. The van der Waals surface area contributed by atoms with E-state index in [1.54, 1.807) is 17.3 Å². The molecule has 2 aromatic heterocycles. The number of pyridine rings is 1. The number of hydrogen-bond acceptors (Lipinski definition) is 6. The molecule has 0 aliphatic carbocycles. The summed E-state index contributed by atoms with van der Waals surface area (Å²) < 4.78 is 2.66. The zero-order valence-electron chi connectivity index (χ0n) is 32.6. The average Bonchev–Trinajstić information content (AvgIpc) is 3.68. The first-order valence-corrected chi connectivity index (χ1v) is 21.0. The van der Waals surface area contributed by atoms with Crippen LogP contribution in [0.25, 0.3) is 31.4 Å². The minimum absolute atomic E-state index is 0. The fourth-order valence-electron chi connectivity index (χ4n) is 6.62. The van der Waals surface area contributed by atoms with Crippen LogP contribution in [-0.4, -0.2) is 21.6 Å². The molecule has 51 heavy (non-hydrogen) atoms. The number of carbonyl (C=O) groups excluding carboxylic acids is 1. The molecule has 1 unspecified atom stereocenters. The molecular weight excluding hydrogens is 863 g/mol. The van der Waals surface area contributed by atoms with Crippen LogP contribution < -0.4 is 0 Å². The van der Waals surface area contributed by atoms with E-state index in [0.29, 0.717) is 11.8 Å². The smallest absolute Gasteiger partial charge is 0.164 e. The maximum atomic E-state index is 12.2. The van der Waals surface area contributed by atoms with Gasteiger partial charge in [0.15, 0.2) is 5.78 Å². The second kappa shape index (κ2) is 18.0. The van der Waals surface area contributed by atoms with E-state index in [2.05, 4.69) is 77.6 Å². The molecule has 4 aromatic rings. The van der Waals surface area contributed by atoms with Gasteiger partial charge in [0.05, 0.1) is 0 Å². The van der Waals surface area contributed by atoms with Crippen LogP contribution >= 0.6 is 34.9 Å². The fraction of sp³-hybridized carbons (Fsp3) is 0.500. The number of aliphatic hydroxyl groups excluding tert-OH is 1. The van der Waals surface area contributed by atoms with E-state index in [1.165, 1.54) is 53.8 Å². The molecule has 1 radical (unpaired) electrons. The minimum Gasteiger partial charge on any atom is -0.512 e. The SMILES string of the molecule is C=CSc1c[c-]c(-c2nccc3c2sc2ccc4c(c23)C(CC(C)C)CS4)cc1C(C)(C)C.CCC(C)(CC)C(=O)/C=C(\O)C(C)(CC)CC.[Ir]. The van der Waals surface area contributed by atoms with Crippen molar-refractivity contribution in [2.24, 2.45) is 16.7 Å². The molecule has 1 aliphatic heterocycles. The third kappa shape index (κ3) is 9.44. The Bertz CT molecular complexity index is 1860. The number of aliphatic hydroxyl groups is 1. The third-order valence-electron chi connectivity index (χ3n) is 10.9. The number of ketones is 1. The largest absolute Gasteiger partial charge is 0.512 e. The van der Waals surface area contributed by atoms with Crippen LogP contribution in [0, 0.1) is 22.8 Å². The Morgan fingerprint density at radius 3 is 2.27 bits per heavy atom. The first-order valence-electron chi connectivity index (χ1n) is 18.3. The predicted molar refractivity (Wildman–Crippen MR) is 222 cm³/mol. The van der Waals surface area contributed by atoms with E-state index in [1.807, 2.05) is 76.2 Å². The zero-order valence-corrected chi connectivity index (χ0v) is 37.4. The van der Waals surface area contributed by atoms with Crippen molar-refractivity contribution in [2.75, 3.05) is 5.75 Å². The number of hydrogen-bond donors (Lipinski definition) is 1. The number of thioether (sulfide) groups is 2. The van der Waals surface area contributed by atoms with E-state index in [4.69, 9.17) is 4.98 Å². The number of fused-ring (bicyclic) bond motifs is 5. The van der Waals surface area contributed by atoms with E-state index in [9.17, 15) is 9.90 Å².